The molecule has 0 aromatic heterocycles. The Morgan fingerprint density at radius 2 is 1.95 bits per heavy atom. The number of hydrogen-bond acceptors (Lipinski definition) is 4. The smallest absolute Gasteiger partial charge is 0.246 e. The number of fused-ring (bicyclic) bond motifs is 1. The Morgan fingerprint density at radius 1 is 1.24 bits per heavy atom. The first kappa shape index (κ1) is 14.1. The van der Waals surface area contributed by atoms with Gasteiger partial charge >= 0.3 is 0 Å². The van der Waals surface area contributed by atoms with Crippen LogP contribution in [0.1, 0.15) is 38.3 Å². The lowest BCUT2D eigenvalue weighted by Crippen LogP contribution is -2.45. The van der Waals surface area contributed by atoms with E-state index in [-0.39, 0.29) is 29.9 Å². The maximum Gasteiger partial charge on any atom is 0.246 e. The number of likely N-dealkylation sites (N-methyl/N-ethyl adjacent to an activating group) is 1. The van der Waals surface area contributed by atoms with Crippen molar-refractivity contribution in [2.24, 2.45) is 0 Å². The van der Waals surface area contributed by atoms with Gasteiger partial charge in [0.1, 0.15) is 11.4 Å². The molecule has 0 spiro atoms. The molecule has 0 bridgehead atoms. The topological polar surface area (TPSA) is 58.6 Å². The van der Waals surface area contributed by atoms with Crippen molar-refractivity contribution in [1.29, 1.82) is 0 Å². The maximum atomic E-state index is 12.1. The van der Waals surface area contributed by atoms with Crippen LogP contribution in [0.2, 0.25) is 0 Å². The summed E-state index contributed by atoms with van der Waals surface area (Å²) in [6.45, 7) is 4.07. The minimum absolute atomic E-state index is 0.0122. The molecule has 3 rings (SSSR count). The number of rotatable bonds is 2. The first-order valence-corrected chi connectivity index (χ1v) is 7.22. The zero-order valence-electron chi connectivity index (χ0n) is 12.6. The van der Waals surface area contributed by atoms with Gasteiger partial charge in [-0.3, -0.25) is 19.8 Å². The largest absolute Gasteiger partial charge is 0.487 e. The van der Waals surface area contributed by atoms with Crippen LogP contribution in [0.25, 0.3) is 0 Å². The third-order valence-corrected chi connectivity index (χ3v) is 4.16. The molecule has 2 unspecified atom stereocenters. The molecule has 5 nitrogen and oxygen atoms in total. The number of amides is 2. The molecular formula is C16H20N2O3. The van der Waals surface area contributed by atoms with Gasteiger partial charge in [-0.1, -0.05) is 18.2 Å². The number of nitrogens with zero attached hydrogens (tertiary/aromatic N) is 1. The SMILES string of the molecule is CN1C(=O)CC(NC2CC(C)(C)Oc3ccccc32)C1=O. The Morgan fingerprint density at radius 3 is 2.62 bits per heavy atom. The van der Waals surface area contributed by atoms with E-state index in [0.717, 1.165) is 17.7 Å². The number of nitrogens with one attached hydrogen (secondary N) is 1. The van der Waals surface area contributed by atoms with Crippen molar-refractivity contribution >= 4 is 11.8 Å². The number of carbonyl (C=O) groups excluding carboxylic acids is 2. The van der Waals surface area contributed by atoms with Crippen molar-refractivity contribution in [1.82, 2.24) is 10.2 Å². The molecular weight excluding hydrogens is 268 g/mol. The van der Waals surface area contributed by atoms with Gasteiger partial charge in [0.25, 0.3) is 0 Å². The molecule has 2 amide bonds. The molecule has 1 saturated heterocycles. The van der Waals surface area contributed by atoms with Crippen LogP contribution in [0.5, 0.6) is 5.75 Å². The van der Waals surface area contributed by atoms with Gasteiger partial charge in [0, 0.05) is 25.1 Å². The van der Waals surface area contributed by atoms with E-state index in [1.807, 2.05) is 38.1 Å². The average Bonchev–Trinajstić information content (AvgIpc) is 2.65. The summed E-state index contributed by atoms with van der Waals surface area (Å²) >= 11 is 0. The van der Waals surface area contributed by atoms with E-state index in [2.05, 4.69) is 5.32 Å². The van der Waals surface area contributed by atoms with Crippen molar-refractivity contribution in [2.75, 3.05) is 7.05 Å². The van der Waals surface area contributed by atoms with Crippen molar-refractivity contribution in [3.05, 3.63) is 29.8 Å². The molecule has 2 aliphatic heterocycles. The standard InChI is InChI=1S/C16H20N2O3/c1-16(2)9-12(10-6-4-5-7-13(10)21-16)17-11-8-14(19)18(3)15(11)20/h4-7,11-12,17H,8-9H2,1-3H3. The number of ether oxygens (including phenoxy) is 1. The third kappa shape index (κ3) is 2.53. The quantitative estimate of drug-likeness (QED) is 0.840. The summed E-state index contributed by atoms with van der Waals surface area (Å²) in [4.78, 5) is 24.9. The second-order valence-electron chi connectivity index (χ2n) is 6.37. The number of imide groups is 1. The van der Waals surface area contributed by atoms with Gasteiger partial charge in [-0.2, -0.15) is 0 Å². The molecule has 1 aromatic carbocycles. The predicted octanol–water partition coefficient (Wildman–Crippen LogP) is 1.64. The van der Waals surface area contributed by atoms with Crippen LogP contribution >= 0.6 is 0 Å². The molecule has 2 atom stereocenters. The number of carbonyl (C=O) groups is 2. The molecule has 1 aromatic rings. The fourth-order valence-electron chi connectivity index (χ4n) is 3.08. The summed E-state index contributed by atoms with van der Waals surface area (Å²) in [6, 6.07) is 7.43. The molecule has 21 heavy (non-hydrogen) atoms. The lowest BCUT2D eigenvalue weighted by atomic mass is 9.89. The van der Waals surface area contributed by atoms with Crippen LogP contribution in [-0.4, -0.2) is 35.4 Å². The number of likely N-dealkylation sites (tertiary alicyclic amines) is 1. The van der Waals surface area contributed by atoms with Gasteiger partial charge in [0.2, 0.25) is 11.8 Å². The second kappa shape index (κ2) is 4.84. The molecule has 0 radical (unpaired) electrons. The van der Waals surface area contributed by atoms with Crippen LogP contribution in [0, 0.1) is 0 Å². The first-order valence-electron chi connectivity index (χ1n) is 7.22. The summed E-state index contributed by atoms with van der Waals surface area (Å²) in [5.74, 6) is 0.565. The Hall–Kier alpha value is -1.88. The molecule has 112 valence electrons. The van der Waals surface area contributed by atoms with Crippen LogP contribution in [-0.2, 0) is 9.59 Å². The predicted molar refractivity (Wildman–Crippen MR) is 77.8 cm³/mol. The Kier molecular flexibility index (Phi) is 3.24. The van der Waals surface area contributed by atoms with Crippen LogP contribution in [0.3, 0.4) is 0 Å². The highest BCUT2D eigenvalue weighted by atomic mass is 16.5. The minimum Gasteiger partial charge on any atom is -0.487 e. The van der Waals surface area contributed by atoms with Gasteiger partial charge in [-0.25, -0.2) is 0 Å². The van der Waals surface area contributed by atoms with Gasteiger partial charge < -0.3 is 4.74 Å². The van der Waals surface area contributed by atoms with E-state index >= 15 is 0 Å². The van der Waals surface area contributed by atoms with Gasteiger partial charge in [0.15, 0.2) is 0 Å². The second-order valence-corrected chi connectivity index (χ2v) is 6.37. The number of benzene rings is 1. The molecule has 1 fully saturated rings. The molecule has 0 aliphatic carbocycles. The average molecular weight is 288 g/mol. The first-order chi connectivity index (χ1) is 9.87. The highest BCUT2D eigenvalue weighted by Gasteiger charge is 2.40. The van der Waals surface area contributed by atoms with E-state index in [1.165, 1.54) is 11.9 Å². The van der Waals surface area contributed by atoms with E-state index in [9.17, 15) is 9.59 Å². The van der Waals surface area contributed by atoms with Crippen molar-refractivity contribution in [2.45, 2.75) is 44.4 Å². The summed E-state index contributed by atoms with van der Waals surface area (Å²) in [6.07, 6.45) is 0.987. The van der Waals surface area contributed by atoms with E-state index in [1.54, 1.807) is 0 Å². The van der Waals surface area contributed by atoms with Crippen LogP contribution < -0.4 is 10.1 Å². The maximum absolute atomic E-state index is 12.1. The molecule has 2 aliphatic rings. The van der Waals surface area contributed by atoms with Gasteiger partial charge in [0.05, 0.1) is 12.5 Å². The van der Waals surface area contributed by atoms with E-state index in [0.29, 0.717) is 0 Å². The van der Waals surface area contributed by atoms with Crippen molar-refractivity contribution < 1.29 is 14.3 Å². The van der Waals surface area contributed by atoms with Gasteiger partial charge in [-0.05, 0) is 19.9 Å². The molecule has 5 heteroatoms. The lowest BCUT2D eigenvalue weighted by molar-refractivity contribution is -0.137. The summed E-state index contributed by atoms with van der Waals surface area (Å²) in [5, 5.41) is 3.35. The lowest BCUT2D eigenvalue weighted by Gasteiger charge is -2.38. The van der Waals surface area contributed by atoms with E-state index in [4.69, 9.17) is 4.74 Å². The summed E-state index contributed by atoms with van der Waals surface area (Å²) in [7, 11) is 1.54. The Bertz CT molecular complexity index is 597. The number of hydrogen-bond donors (Lipinski definition) is 1. The zero-order chi connectivity index (χ0) is 15.2. The summed E-state index contributed by atoms with van der Waals surface area (Å²) < 4.78 is 5.98. The van der Waals surface area contributed by atoms with Crippen molar-refractivity contribution in [3.63, 3.8) is 0 Å². The zero-order valence-corrected chi connectivity index (χ0v) is 12.6. The molecule has 2 heterocycles. The van der Waals surface area contributed by atoms with Crippen LogP contribution in [0.15, 0.2) is 24.3 Å². The minimum atomic E-state index is -0.436. The Labute approximate surface area is 124 Å². The molecule has 1 N–H and O–H groups in total. The highest BCUT2D eigenvalue weighted by molar-refractivity contribution is 6.05. The fraction of sp³-hybridized carbons (Fsp3) is 0.500. The van der Waals surface area contributed by atoms with Crippen molar-refractivity contribution in [3.8, 4) is 5.75 Å². The van der Waals surface area contributed by atoms with Gasteiger partial charge in [-0.15, -0.1) is 0 Å². The van der Waals surface area contributed by atoms with E-state index < -0.39 is 6.04 Å². The third-order valence-electron chi connectivity index (χ3n) is 4.16. The highest BCUT2D eigenvalue weighted by Crippen LogP contribution is 2.39. The normalized spacial score (nSPS) is 27.5. The summed E-state index contributed by atoms with van der Waals surface area (Å²) in [5.41, 5.74) is 0.746. The van der Waals surface area contributed by atoms with Crippen LogP contribution in [0.4, 0.5) is 0 Å². The fourth-order valence-corrected chi connectivity index (χ4v) is 3.08. The Balaban J connectivity index is 1.85. The monoisotopic (exact) mass is 288 g/mol. The number of para-hydroxylation sites is 1. The molecule has 0 saturated carbocycles.